The van der Waals surface area contributed by atoms with Crippen molar-refractivity contribution in [3.63, 3.8) is 0 Å². The minimum Gasteiger partial charge on any atom is -0.382 e. The predicted octanol–water partition coefficient (Wildman–Crippen LogP) is 1.93. The second kappa shape index (κ2) is 7.49. The van der Waals surface area contributed by atoms with Gasteiger partial charge in [0.1, 0.15) is 0 Å². The van der Waals surface area contributed by atoms with Gasteiger partial charge in [-0.3, -0.25) is 0 Å². The van der Waals surface area contributed by atoms with Crippen molar-refractivity contribution in [1.29, 1.82) is 0 Å². The first-order chi connectivity index (χ1) is 7.33. The number of aryl methyl sites for hydroxylation is 1. The number of nitrogens with zero attached hydrogens (tertiary/aromatic N) is 1. The van der Waals surface area contributed by atoms with Crippen LogP contribution in [0.5, 0.6) is 0 Å². The molecule has 3 nitrogen and oxygen atoms in total. The lowest BCUT2D eigenvalue weighted by atomic mass is 10.3. The molecular formula is C12H22N2O. The maximum Gasteiger partial charge on any atom is 0.0466 e. The van der Waals surface area contributed by atoms with Crippen LogP contribution in [0.2, 0.25) is 0 Å². The number of nitrogens with one attached hydrogen (secondary N) is 1. The second-order valence-electron chi connectivity index (χ2n) is 3.77. The fraction of sp³-hybridized carbons (Fsp3) is 0.667. The zero-order valence-electron chi connectivity index (χ0n) is 9.83. The van der Waals surface area contributed by atoms with E-state index >= 15 is 0 Å². The number of unbranched alkanes of at least 4 members (excludes halogenated alkanes) is 1. The molecular weight excluding hydrogens is 188 g/mol. The lowest BCUT2D eigenvalue weighted by Crippen LogP contribution is -2.14. The summed E-state index contributed by atoms with van der Waals surface area (Å²) < 4.78 is 7.35. The molecule has 1 N–H and O–H groups in total. The van der Waals surface area contributed by atoms with Gasteiger partial charge < -0.3 is 14.6 Å². The van der Waals surface area contributed by atoms with Crippen LogP contribution in [0.4, 0.5) is 0 Å². The first-order valence-corrected chi connectivity index (χ1v) is 5.72. The Morgan fingerprint density at radius 2 is 2.27 bits per heavy atom. The molecule has 0 aliphatic heterocycles. The molecule has 0 aromatic carbocycles. The fourth-order valence-electron chi connectivity index (χ4n) is 1.50. The maximum atomic E-state index is 5.27. The topological polar surface area (TPSA) is 26.2 Å². The lowest BCUT2D eigenvalue weighted by Gasteiger charge is -2.03. The van der Waals surface area contributed by atoms with Gasteiger partial charge in [-0.1, -0.05) is 0 Å². The molecule has 0 saturated carbocycles. The molecule has 15 heavy (non-hydrogen) atoms. The average molecular weight is 210 g/mol. The highest BCUT2D eigenvalue weighted by molar-refractivity contribution is 5.09. The molecule has 1 aromatic heterocycles. The summed E-state index contributed by atoms with van der Waals surface area (Å²) in [6, 6.07) is 2.15. The van der Waals surface area contributed by atoms with E-state index in [2.05, 4.69) is 28.3 Å². The number of hydrogen-bond acceptors (Lipinski definition) is 2. The van der Waals surface area contributed by atoms with Crippen LogP contribution in [0.1, 0.15) is 25.3 Å². The Morgan fingerprint density at radius 1 is 1.40 bits per heavy atom. The van der Waals surface area contributed by atoms with E-state index in [1.54, 1.807) is 0 Å². The molecule has 0 radical (unpaired) electrons. The van der Waals surface area contributed by atoms with Crippen LogP contribution < -0.4 is 5.32 Å². The van der Waals surface area contributed by atoms with Gasteiger partial charge in [0.15, 0.2) is 0 Å². The third kappa shape index (κ3) is 5.60. The molecule has 0 saturated heterocycles. The Labute approximate surface area is 92.4 Å². The summed E-state index contributed by atoms with van der Waals surface area (Å²) in [5.41, 5.74) is 1.35. The van der Waals surface area contributed by atoms with E-state index < -0.39 is 0 Å². The van der Waals surface area contributed by atoms with Crippen molar-refractivity contribution < 1.29 is 4.74 Å². The van der Waals surface area contributed by atoms with E-state index in [1.165, 1.54) is 12.0 Å². The van der Waals surface area contributed by atoms with E-state index in [0.717, 1.165) is 32.7 Å². The summed E-state index contributed by atoms with van der Waals surface area (Å²) in [5.74, 6) is 0. The molecule has 0 aliphatic carbocycles. The predicted molar refractivity (Wildman–Crippen MR) is 62.8 cm³/mol. The number of hydrogen-bond donors (Lipinski definition) is 1. The monoisotopic (exact) mass is 210 g/mol. The molecule has 0 unspecified atom stereocenters. The standard InChI is InChI=1S/C12H22N2O/c1-3-15-9-5-4-7-13-10-12-6-8-14(2)11-12/h6,8,11,13H,3-5,7,9-10H2,1-2H3. The van der Waals surface area contributed by atoms with Crippen LogP contribution in [0.3, 0.4) is 0 Å². The molecule has 86 valence electrons. The summed E-state index contributed by atoms with van der Waals surface area (Å²) in [6.07, 6.45) is 6.56. The molecule has 1 rings (SSSR count). The Bertz CT molecular complexity index is 258. The molecule has 0 aliphatic rings. The summed E-state index contributed by atoms with van der Waals surface area (Å²) in [5, 5.41) is 3.42. The summed E-state index contributed by atoms with van der Waals surface area (Å²) in [6.45, 7) is 5.80. The Hall–Kier alpha value is -0.800. The highest BCUT2D eigenvalue weighted by atomic mass is 16.5. The van der Waals surface area contributed by atoms with E-state index in [9.17, 15) is 0 Å². The quantitative estimate of drug-likeness (QED) is 0.664. The van der Waals surface area contributed by atoms with Crippen LogP contribution in [0, 0.1) is 0 Å². The van der Waals surface area contributed by atoms with Gasteiger partial charge in [0, 0.05) is 39.2 Å². The Kier molecular flexibility index (Phi) is 6.12. The first-order valence-electron chi connectivity index (χ1n) is 5.72. The first kappa shape index (κ1) is 12.3. The molecule has 0 amide bonds. The van der Waals surface area contributed by atoms with Gasteiger partial charge >= 0.3 is 0 Å². The Morgan fingerprint density at radius 3 is 2.93 bits per heavy atom. The van der Waals surface area contributed by atoms with Gasteiger partial charge in [0.05, 0.1) is 0 Å². The highest BCUT2D eigenvalue weighted by Crippen LogP contribution is 1.98. The van der Waals surface area contributed by atoms with Gasteiger partial charge in [-0.15, -0.1) is 0 Å². The van der Waals surface area contributed by atoms with Gasteiger partial charge in [0.2, 0.25) is 0 Å². The molecule has 3 heteroatoms. The smallest absolute Gasteiger partial charge is 0.0466 e. The van der Waals surface area contributed by atoms with Crippen molar-refractivity contribution in [2.75, 3.05) is 19.8 Å². The van der Waals surface area contributed by atoms with Gasteiger partial charge in [-0.25, -0.2) is 0 Å². The number of ether oxygens (including phenoxy) is 1. The minimum absolute atomic E-state index is 0.831. The fourth-order valence-corrected chi connectivity index (χ4v) is 1.50. The minimum atomic E-state index is 0.831. The second-order valence-corrected chi connectivity index (χ2v) is 3.77. The normalized spacial score (nSPS) is 10.8. The van der Waals surface area contributed by atoms with Crippen molar-refractivity contribution in [3.8, 4) is 0 Å². The molecule has 1 heterocycles. The molecule has 0 fully saturated rings. The van der Waals surface area contributed by atoms with E-state index in [-0.39, 0.29) is 0 Å². The Balaban J connectivity index is 1.93. The van der Waals surface area contributed by atoms with Crippen LogP contribution in [-0.2, 0) is 18.3 Å². The molecule has 0 spiro atoms. The van der Waals surface area contributed by atoms with E-state index in [0.29, 0.717) is 0 Å². The van der Waals surface area contributed by atoms with Gasteiger partial charge in [-0.05, 0) is 37.9 Å². The maximum absolute atomic E-state index is 5.27. The molecule has 0 bridgehead atoms. The van der Waals surface area contributed by atoms with Crippen LogP contribution in [0.25, 0.3) is 0 Å². The van der Waals surface area contributed by atoms with Crippen molar-refractivity contribution in [3.05, 3.63) is 24.0 Å². The van der Waals surface area contributed by atoms with Crippen LogP contribution in [0.15, 0.2) is 18.5 Å². The van der Waals surface area contributed by atoms with E-state index in [1.807, 2.05) is 14.0 Å². The van der Waals surface area contributed by atoms with Crippen molar-refractivity contribution >= 4 is 0 Å². The van der Waals surface area contributed by atoms with Gasteiger partial charge in [-0.2, -0.15) is 0 Å². The lowest BCUT2D eigenvalue weighted by molar-refractivity contribution is 0.143. The highest BCUT2D eigenvalue weighted by Gasteiger charge is 1.93. The van der Waals surface area contributed by atoms with Crippen molar-refractivity contribution in [1.82, 2.24) is 9.88 Å². The van der Waals surface area contributed by atoms with Crippen LogP contribution >= 0.6 is 0 Å². The molecule has 0 atom stereocenters. The SMILES string of the molecule is CCOCCCCNCc1ccn(C)c1. The van der Waals surface area contributed by atoms with Crippen LogP contribution in [-0.4, -0.2) is 24.3 Å². The summed E-state index contributed by atoms with van der Waals surface area (Å²) in [7, 11) is 2.05. The zero-order chi connectivity index (χ0) is 10.9. The largest absolute Gasteiger partial charge is 0.382 e. The summed E-state index contributed by atoms with van der Waals surface area (Å²) >= 11 is 0. The molecule has 1 aromatic rings. The number of aromatic nitrogens is 1. The summed E-state index contributed by atoms with van der Waals surface area (Å²) in [4.78, 5) is 0. The third-order valence-electron chi connectivity index (χ3n) is 2.32. The average Bonchev–Trinajstić information content (AvgIpc) is 2.63. The van der Waals surface area contributed by atoms with Crippen molar-refractivity contribution in [2.45, 2.75) is 26.3 Å². The van der Waals surface area contributed by atoms with Crippen molar-refractivity contribution in [2.24, 2.45) is 7.05 Å². The number of rotatable bonds is 8. The zero-order valence-corrected chi connectivity index (χ0v) is 9.83. The van der Waals surface area contributed by atoms with Gasteiger partial charge in [0.25, 0.3) is 0 Å². The van der Waals surface area contributed by atoms with E-state index in [4.69, 9.17) is 4.74 Å². The third-order valence-corrected chi connectivity index (χ3v) is 2.32.